The molecule has 2 aromatic rings. The van der Waals surface area contributed by atoms with Crippen LogP contribution in [0.25, 0.3) is 9.88 Å². The number of nitrogens with zero attached hydrogens (tertiary/aromatic N) is 2. The molecular formula is C13H19N3S2. The van der Waals surface area contributed by atoms with Gasteiger partial charge in [-0.25, -0.2) is 0 Å². The Morgan fingerprint density at radius 1 is 1.22 bits per heavy atom. The van der Waals surface area contributed by atoms with Crippen molar-refractivity contribution in [3.8, 4) is 9.88 Å². The molecule has 2 aromatic heterocycles. The first kappa shape index (κ1) is 13.6. The molecule has 1 N–H and O–H groups in total. The standard InChI is InChI=1S/C13H19N3S2/c1-8(2)14-6-5-12-15-16-13(18-12)11-7-9(3)10(4)17-11/h7-8,14H,5-6H2,1-4H3. The molecule has 0 bridgehead atoms. The van der Waals surface area contributed by atoms with Crippen molar-refractivity contribution in [2.45, 2.75) is 40.2 Å². The number of aryl methyl sites for hydroxylation is 2. The summed E-state index contributed by atoms with van der Waals surface area (Å²) in [4.78, 5) is 2.61. The molecule has 0 saturated heterocycles. The summed E-state index contributed by atoms with van der Waals surface area (Å²) in [5, 5.41) is 14.1. The molecule has 5 heteroatoms. The highest BCUT2D eigenvalue weighted by Crippen LogP contribution is 2.32. The molecule has 0 atom stereocenters. The van der Waals surface area contributed by atoms with Crippen molar-refractivity contribution in [3.05, 3.63) is 21.5 Å². The first-order valence-electron chi connectivity index (χ1n) is 6.19. The third-order valence-corrected chi connectivity index (χ3v) is 5.04. The second kappa shape index (κ2) is 5.91. The maximum absolute atomic E-state index is 4.29. The summed E-state index contributed by atoms with van der Waals surface area (Å²) in [6, 6.07) is 2.73. The third kappa shape index (κ3) is 3.37. The molecule has 3 nitrogen and oxygen atoms in total. The summed E-state index contributed by atoms with van der Waals surface area (Å²) in [7, 11) is 0. The topological polar surface area (TPSA) is 37.8 Å². The number of hydrogen-bond acceptors (Lipinski definition) is 5. The Bertz CT molecular complexity index is 495. The Morgan fingerprint density at radius 3 is 2.61 bits per heavy atom. The van der Waals surface area contributed by atoms with Crippen molar-refractivity contribution in [2.75, 3.05) is 6.54 Å². The average molecular weight is 281 g/mol. The first-order chi connectivity index (χ1) is 8.56. The molecule has 0 spiro atoms. The summed E-state index contributed by atoms with van der Waals surface area (Å²) in [6.07, 6.45) is 0.958. The van der Waals surface area contributed by atoms with E-state index in [9.17, 15) is 0 Å². The van der Waals surface area contributed by atoms with Gasteiger partial charge in [0.2, 0.25) is 0 Å². The summed E-state index contributed by atoms with van der Waals surface area (Å²) in [5.74, 6) is 0. The van der Waals surface area contributed by atoms with Gasteiger partial charge in [-0.15, -0.1) is 21.5 Å². The molecule has 0 unspecified atom stereocenters. The largest absolute Gasteiger partial charge is 0.314 e. The number of aromatic nitrogens is 2. The van der Waals surface area contributed by atoms with Crippen LogP contribution in [-0.2, 0) is 6.42 Å². The first-order valence-corrected chi connectivity index (χ1v) is 7.82. The molecule has 2 rings (SSSR count). The van der Waals surface area contributed by atoms with Gasteiger partial charge in [0.15, 0.2) is 5.01 Å². The Hall–Kier alpha value is -0.780. The number of nitrogens with one attached hydrogen (secondary N) is 1. The molecule has 98 valence electrons. The SMILES string of the molecule is Cc1cc(-c2nnc(CCNC(C)C)s2)sc1C. The minimum Gasteiger partial charge on any atom is -0.314 e. The minimum atomic E-state index is 0.528. The zero-order chi connectivity index (χ0) is 13.1. The van der Waals surface area contributed by atoms with E-state index >= 15 is 0 Å². The predicted octanol–water partition coefficient (Wildman–Crippen LogP) is 3.42. The van der Waals surface area contributed by atoms with Gasteiger partial charge >= 0.3 is 0 Å². The number of hydrogen-bond donors (Lipinski definition) is 1. The smallest absolute Gasteiger partial charge is 0.157 e. The van der Waals surface area contributed by atoms with Gasteiger partial charge in [-0.05, 0) is 25.5 Å². The molecule has 0 aliphatic heterocycles. The van der Waals surface area contributed by atoms with E-state index in [2.05, 4.69) is 49.3 Å². The van der Waals surface area contributed by atoms with Gasteiger partial charge in [0.05, 0.1) is 4.88 Å². The van der Waals surface area contributed by atoms with Gasteiger partial charge in [-0.3, -0.25) is 0 Å². The van der Waals surface area contributed by atoms with Gasteiger partial charge in [-0.2, -0.15) is 0 Å². The van der Waals surface area contributed by atoms with Crippen LogP contribution in [-0.4, -0.2) is 22.8 Å². The van der Waals surface area contributed by atoms with Crippen LogP contribution >= 0.6 is 22.7 Å². The molecular weight excluding hydrogens is 262 g/mol. The highest BCUT2D eigenvalue weighted by Gasteiger charge is 2.10. The van der Waals surface area contributed by atoms with Gasteiger partial charge < -0.3 is 5.32 Å². The molecule has 0 amide bonds. The molecule has 0 fully saturated rings. The second-order valence-electron chi connectivity index (χ2n) is 4.71. The van der Waals surface area contributed by atoms with Crippen LogP contribution in [0.3, 0.4) is 0 Å². The van der Waals surface area contributed by atoms with Crippen LogP contribution in [0.2, 0.25) is 0 Å². The van der Waals surface area contributed by atoms with Crippen molar-refractivity contribution in [1.29, 1.82) is 0 Å². The van der Waals surface area contributed by atoms with Crippen LogP contribution in [0.4, 0.5) is 0 Å². The third-order valence-electron chi connectivity index (χ3n) is 2.74. The quantitative estimate of drug-likeness (QED) is 0.912. The van der Waals surface area contributed by atoms with Crippen LogP contribution < -0.4 is 5.32 Å². The Balaban J connectivity index is 2.01. The van der Waals surface area contributed by atoms with E-state index in [1.165, 1.54) is 15.3 Å². The predicted molar refractivity (Wildman–Crippen MR) is 79.5 cm³/mol. The fraction of sp³-hybridized carbons (Fsp3) is 0.538. The Morgan fingerprint density at radius 2 is 2.00 bits per heavy atom. The van der Waals surface area contributed by atoms with Crippen molar-refractivity contribution in [2.24, 2.45) is 0 Å². The lowest BCUT2D eigenvalue weighted by Crippen LogP contribution is -2.24. The number of rotatable bonds is 5. The zero-order valence-corrected chi connectivity index (χ0v) is 12.9. The van der Waals surface area contributed by atoms with Crippen LogP contribution in [0.5, 0.6) is 0 Å². The van der Waals surface area contributed by atoms with E-state index in [0.717, 1.165) is 23.0 Å². The van der Waals surface area contributed by atoms with Crippen LogP contribution in [0.1, 0.15) is 29.3 Å². The summed E-state index contributed by atoms with van der Waals surface area (Å²) in [6.45, 7) is 9.57. The van der Waals surface area contributed by atoms with Gasteiger partial charge in [0.1, 0.15) is 5.01 Å². The molecule has 18 heavy (non-hydrogen) atoms. The lowest BCUT2D eigenvalue weighted by Gasteiger charge is -2.04. The monoisotopic (exact) mass is 281 g/mol. The minimum absolute atomic E-state index is 0.528. The van der Waals surface area contributed by atoms with Crippen molar-refractivity contribution >= 4 is 22.7 Å². The lowest BCUT2D eigenvalue weighted by molar-refractivity contribution is 0.588. The van der Waals surface area contributed by atoms with Crippen molar-refractivity contribution in [3.63, 3.8) is 0 Å². The van der Waals surface area contributed by atoms with Crippen molar-refractivity contribution < 1.29 is 0 Å². The molecule has 0 aromatic carbocycles. The molecule has 0 aliphatic rings. The maximum atomic E-state index is 4.29. The van der Waals surface area contributed by atoms with E-state index in [4.69, 9.17) is 0 Å². The molecule has 0 radical (unpaired) electrons. The average Bonchev–Trinajstić information content (AvgIpc) is 2.87. The van der Waals surface area contributed by atoms with E-state index < -0.39 is 0 Å². The van der Waals surface area contributed by atoms with Gasteiger partial charge in [-0.1, -0.05) is 25.2 Å². The lowest BCUT2D eigenvalue weighted by atomic mass is 10.3. The van der Waals surface area contributed by atoms with E-state index in [1.807, 2.05) is 0 Å². The summed E-state index contributed by atoms with van der Waals surface area (Å²) < 4.78 is 0. The summed E-state index contributed by atoms with van der Waals surface area (Å²) >= 11 is 3.51. The maximum Gasteiger partial charge on any atom is 0.157 e. The fourth-order valence-electron chi connectivity index (χ4n) is 1.60. The van der Waals surface area contributed by atoms with E-state index in [0.29, 0.717) is 6.04 Å². The fourth-order valence-corrected chi connectivity index (χ4v) is 3.51. The second-order valence-corrected chi connectivity index (χ2v) is 7.03. The molecule has 0 saturated carbocycles. The zero-order valence-electron chi connectivity index (χ0n) is 11.3. The Labute approximate surface area is 116 Å². The van der Waals surface area contributed by atoms with E-state index in [1.54, 1.807) is 22.7 Å². The Kier molecular flexibility index (Phi) is 4.48. The van der Waals surface area contributed by atoms with Gasteiger partial charge in [0.25, 0.3) is 0 Å². The highest BCUT2D eigenvalue weighted by molar-refractivity contribution is 7.21. The van der Waals surface area contributed by atoms with Crippen molar-refractivity contribution in [1.82, 2.24) is 15.5 Å². The molecule has 2 heterocycles. The van der Waals surface area contributed by atoms with E-state index in [-0.39, 0.29) is 0 Å². The normalized spacial score (nSPS) is 11.4. The number of thiophene rings is 1. The van der Waals surface area contributed by atoms with Crippen LogP contribution in [0, 0.1) is 13.8 Å². The van der Waals surface area contributed by atoms with Gasteiger partial charge in [0, 0.05) is 23.9 Å². The highest BCUT2D eigenvalue weighted by atomic mass is 32.1. The van der Waals surface area contributed by atoms with Crippen LogP contribution in [0.15, 0.2) is 6.07 Å². The summed E-state index contributed by atoms with van der Waals surface area (Å²) in [5.41, 5.74) is 1.34. The molecule has 0 aliphatic carbocycles.